The van der Waals surface area contributed by atoms with Gasteiger partial charge in [0.2, 0.25) is 0 Å². The average molecular weight is 196 g/mol. The molecule has 3 nitrogen and oxygen atoms in total. The molecule has 0 saturated carbocycles. The topological polar surface area (TPSA) is 47.3 Å². The van der Waals surface area contributed by atoms with E-state index < -0.39 is 0 Å². The first kappa shape index (κ1) is 11.5. The molecule has 1 N–H and O–H groups in total. The van der Waals surface area contributed by atoms with E-state index in [2.05, 4.69) is 11.0 Å². The van der Waals surface area contributed by atoms with Crippen molar-refractivity contribution < 1.29 is 5.11 Å². The minimum absolute atomic E-state index is 0.151. The Morgan fingerprint density at radius 2 is 2.14 bits per heavy atom. The smallest absolute Gasteiger partial charge is 0.0977 e. The fraction of sp³-hybridized carbons (Fsp3) is 0.909. The van der Waals surface area contributed by atoms with Gasteiger partial charge < -0.3 is 5.11 Å². The molecule has 1 aliphatic rings. The first-order valence-electron chi connectivity index (χ1n) is 5.63. The monoisotopic (exact) mass is 196 g/mol. The van der Waals surface area contributed by atoms with Crippen LogP contribution in [0.2, 0.25) is 0 Å². The molecule has 0 spiro atoms. The number of rotatable bonds is 5. The van der Waals surface area contributed by atoms with Crippen LogP contribution in [0.3, 0.4) is 0 Å². The van der Waals surface area contributed by atoms with Gasteiger partial charge in [0.25, 0.3) is 0 Å². The Labute approximate surface area is 86.3 Å². The lowest BCUT2D eigenvalue weighted by Crippen LogP contribution is -2.39. The van der Waals surface area contributed by atoms with E-state index in [4.69, 9.17) is 10.4 Å². The Hall–Kier alpha value is -0.590. The van der Waals surface area contributed by atoms with Crippen LogP contribution < -0.4 is 0 Å². The summed E-state index contributed by atoms with van der Waals surface area (Å²) in [6.07, 6.45) is 6.55. The van der Waals surface area contributed by atoms with Crippen LogP contribution in [0.1, 0.15) is 38.5 Å². The molecular formula is C11H20N2O. The number of aliphatic hydroxyl groups is 1. The summed E-state index contributed by atoms with van der Waals surface area (Å²) in [7, 11) is 0. The highest BCUT2D eigenvalue weighted by Crippen LogP contribution is 2.16. The normalized spacial score (nSPS) is 23.3. The molecule has 3 heteroatoms. The van der Waals surface area contributed by atoms with Gasteiger partial charge in [0.15, 0.2) is 0 Å². The van der Waals surface area contributed by atoms with Crippen LogP contribution in [0.4, 0.5) is 0 Å². The quantitative estimate of drug-likeness (QED) is 0.678. The molecule has 0 aromatic carbocycles. The molecule has 1 unspecified atom stereocenters. The van der Waals surface area contributed by atoms with Gasteiger partial charge in [0.1, 0.15) is 0 Å². The molecule has 0 aliphatic carbocycles. The van der Waals surface area contributed by atoms with Gasteiger partial charge in [0.05, 0.1) is 12.1 Å². The number of likely N-dealkylation sites (tertiary alicyclic amines) is 1. The average Bonchev–Trinajstić information content (AvgIpc) is 2.25. The predicted molar refractivity (Wildman–Crippen MR) is 55.8 cm³/mol. The van der Waals surface area contributed by atoms with Gasteiger partial charge in [-0.25, -0.2) is 0 Å². The largest absolute Gasteiger partial charge is 0.396 e. The van der Waals surface area contributed by atoms with Gasteiger partial charge in [-0.3, -0.25) is 4.90 Å². The molecule has 1 rings (SSSR count). The highest BCUT2D eigenvalue weighted by Gasteiger charge is 2.20. The SMILES string of the molecule is N#CC1CCCCN1CCCCCO. The van der Waals surface area contributed by atoms with Crippen molar-refractivity contribution in [2.45, 2.75) is 44.6 Å². The van der Waals surface area contributed by atoms with Gasteiger partial charge in [-0.2, -0.15) is 5.26 Å². The molecule has 14 heavy (non-hydrogen) atoms. The minimum Gasteiger partial charge on any atom is -0.396 e. The molecule has 1 aliphatic heterocycles. The highest BCUT2D eigenvalue weighted by molar-refractivity contribution is 4.93. The fourth-order valence-corrected chi connectivity index (χ4v) is 2.01. The lowest BCUT2D eigenvalue weighted by Gasteiger charge is -2.31. The zero-order valence-corrected chi connectivity index (χ0v) is 8.78. The van der Waals surface area contributed by atoms with E-state index in [9.17, 15) is 0 Å². The van der Waals surface area contributed by atoms with E-state index >= 15 is 0 Å². The summed E-state index contributed by atoms with van der Waals surface area (Å²) in [6, 6.07) is 2.52. The third-order valence-corrected chi connectivity index (χ3v) is 2.87. The maximum Gasteiger partial charge on any atom is 0.0977 e. The van der Waals surface area contributed by atoms with Gasteiger partial charge in [0, 0.05) is 6.61 Å². The van der Waals surface area contributed by atoms with Crippen LogP contribution in [0.5, 0.6) is 0 Å². The van der Waals surface area contributed by atoms with Crippen LogP contribution in [0.15, 0.2) is 0 Å². The van der Waals surface area contributed by atoms with E-state index in [-0.39, 0.29) is 6.04 Å². The van der Waals surface area contributed by atoms with Crippen molar-refractivity contribution in [1.29, 1.82) is 5.26 Å². The summed E-state index contributed by atoms with van der Waals surface area (Å²) in [5.74, 6) is 0. The van der Waals surface area contributed by atoms with Crippen molar-refractivity contribution in [3.63, 3.8) is 0 Å². The summed E-state index contributed by atoms with van der Waals surface area (Å²) in [6.45, 7) is 2.40. The van der Waals surface area contributed by atoms with Gasteiger partial charge in [-0.1, -0.05) is 0 Å². The molecule has 1 heterocycles. The Balaban J connectivity index is 2.17. The van der Waals surface area contributed by atoms with Gasteiger partial charge in [-0.05, 0) is 51.6 Å². The first-order chi connectivity index (χ1) is 6.88. The molecule has 0 bridgehead atoms. The summed E-state index contributed by atoms with van der Waals surface area (Å²) in [4.78, 5) is 2.29. The number of piperidine rings is 1. The van der Waals surface area contributed by atoms with E-state index in [0.29, 0.717) is 6.61 Å². The maximum atomic E-state index is 8.93. The second-order valence-electron chi connectivity index (χ2n) is 3.96. The molecule has 1 saturated heterocycles. The zero-order valence-electron chi connectivity index (χ0n) is 8.78. The van der Waals surface area contributed by atoms with Crippen LogP contribution in [0, 0.1) is 11.3 Å². The van der Waals surface area contributed by atoms with Gasteiger partial charge >= 0.3 is 0 Å². The van der Waals surface area contributed by atoms with Crippen LogP contribution >= 0.6 is 0 Å². The molecular weight excluding hydrogens is 176 g/mol. The summed E-state index contributed by atoms with van der Waals surface area (Å²) in [5.41, 5.74) is 0. The third kappa shape index (κ3) is 3.65. The number of hydrogen-bond donors (Lipinski definition) is 1. The molecule has 0 aromatic rings. The number of unbranched alkanes of at least 4 members (excludes halogenated alkanes) is 2. The van der Waals surface area contributed by atoms with Crippen molar-refractivity contribution in [2.75, 3.05) is 19.7 Å². The van der Waals surface area contributed by atoms with E-state index in [1.807, 2.05) is 0 Å². The molecule has 1 atom stereocenters. The maximum absolute atomic E-state index is 8.93. The summed E-state index contributed by atoms with van der Waals surface area (Å²) < 4.78 is 0. The fourth-order valence-electron chi connectivity index (χ4n) is 2.01. The van der Waals surface area contributed by atoms with Crippen LogP contribution in [-0.2, 0) is 0 Å². The zero-order chi connectivity index (χ0) is 10.2. The van der Waals surface area contributed by atoms with Crippen molar-refractivity contribution in [2.24, 2.45) is 0 Å². The van der Waals surface area contributed by atoms with Crippen molar-refractivity contribution in [1.82, 2.24) is 4.90 Å². The lowest BCUT2D eigenvalue weighted by molar-refractivity contribution is 0.179. The standard InChI is InChI=1S/C11H20N2O/c12-10-11-6-2-4-8-13(11)7-3-1-5-9-14/h11,14H,1-9H2. The molecule has 0 radical (unpaired) electrons. The van der Waals surface area contributed by atoms with Crippen molar-refractivity contribution in [3.8, 4) is 6.07 Å². The van der Waals surface area contributed by atoms with Crippen molar-refractivity contribution >= 4 is 0 Å². The van der Waals surface area contributed by atoms with E-state index in [1.165, 1.54) is 12.8 Å². The number of nitrogens with zero attached hydrogens (tertiary/aromatic N) is 2. The number of nitriles is 1. The summed E-state index contributed by atoms with van der Waals surface area (Å²) in [5, 5.41) is 17.6. The second-order valence-corrected chi connectivity index (χ2v) is 3.96. The Bertz CT molecular complexity index is 188. The molecule has 0 aromatic heterocycles. The van der Waals surface area contributed by atoms with Crippen molar-refractivity contribution in [3.05, 3.63) is 0 Å². The Morgan fingerprint density at radius 3 is 2.86 bits per heavy atom. The van der Waals surface area contributed by atoms with Gasteiger partial charge in [-0.15, -0.1) is 0 Å². The number of aliphatic hydroxyl groups excluding tert-OH is 1. The second kappa shape index (κ2) is 6.80. The first-order valence-corrected chi connectivity index (χ1v) is 5.63. The highest BCUT2D eigenvalue weighted by atomic mass is 16.2. The Morgan fingerprint density at radius 1 is 1.29 bits per heavy atom. The Kier molecular flexibility index (Phi) is 5.58. The van der Waals surface area contributed by atoms with E-state index in [1.54, 1.807) is 0 Å². The molecule has 80 valence electrons. The molecule has 1 fully saturated rings. The third-order valence-electron chi connectivity index (χ3n) is 2.87. The molecule has 0 amide bonds. The lowest BCUT2D eigenvalue weighted by atomic mass is 10.0. The van der Waals surface area contributed by atoms with E-state index in [0.717, 1.165) is 38.8 Å². The van der Waals surface area contributed by atoms with Crippen LogP contribution in [0.25, 0.3) is 0 Å². The minimum atomic E-state index is 0.151. The summed E-state index contributed by atoms with van der Waals surface area (Å²) >= 11 is 0. The predicted octanol–water partition coefficient (Wildman–Crippen LogP) is 1.53. The number of hydrogen-bond acceptors (Lipinski definition) is 3. The van der Waals surface area contributed by atoms with Crippen LogP contribution in [-0.4, -0.2) is 35.7 Å².